The Kier molecular flexibility index (Phi) is 2.63. The lowest BCUT2D eigenvalue weighted by Crippen LogP contribution is -2.40. The molecular weight excluding hydrogens is 152 g/mol. The topological polar surface area (TPSA) is 37.6 Å². The van der Waals surface area contributed by atoms with Crippen LogP contribution < -0.4 is 5.32 Å². The van der Waals surface area contributed by atoms with Crippen molar-refractivity contribution in [1.29, 1.82) is 0 Å². The number of β-amino-alcohol motifs (C(OH)–C–C–N with tert-alkyl or cyclic N) is 1. The van der Waals surface area contributed by atoms with Crippen LogP contribution in [0.3, 0.4) is 0 Å². The van der Waals surface area contributed by atoms with Crippen molar-refractivity contribution in [3.63, 3.8) is 0 Å². The monoisotopic (exact) mass is 169 g/mol. The van der Waals surface area contributed by atoms with Gasteiger partial charge in [-0.3, -0.25) is 4.90 Å². The highest BCUT2D eigenvalue weighted by atomic mass is 16.3. The maximum absolute atomic E-state index is 9.37. The fraction of sp³-hybridized carbons (Fsp3) is 1.00. The summed E-state index contributed by atoms with van der Waals surface area (Å²) in [4.78, 5) is 2.43. The van der Waals surface area contributed by atoms with Gasteiger partial charge < -0.3 is 5.11 Å². The summed E-state index contributed by atoms with van der Waals surface area (Å²) in [7, 11) is 0. The van der Waals surface area contributed by atoms with E-state index in [1.165, 1.54) is 12.8 Å². The zero-order chi connectivity index (χ0) is 8.39. The van der Waals surface area contributed by atoms with Gasteiger partial charge in [0.2, 0.25) is 0 Å². The first kappa shape index (κ1) is 8.48. The molecule has 3 nitrogen and oxygen atoms in total. The molecule has 2 heterocycles. The molecule has 0 aromatic heterocycles. The molecule has 2 fully saturated rings. The van der Waals surface area contributed by atoms with E-state index in [4.69, 9.17) is 0 Å². The van der Waals surface area contributed by atoms with E-state index in [-0.39, 0.29) is 6.10 Å². The molecule has 12 heavy (non-hydrogen) atoms. The van der Waals surface area contributed by atoms with E-state index >= 15 is 0 Å². The summed E-state index contributed by atoms with van der Waals surface area (Å²) in [6.07, 6.45) is 3.30. The van der Waals surface area contributed by atoms with Crippen molar-refractivity contribution in [2.45, 2.75) is 31.4 Å². The quantitative estimate of drug-likeness (QED) is 0.591. The summed E-state index contributed by atoms with van der Waals surface area (Å²) in [6.45, 7) is 4.03. The number of likely N-dealkylation sites (tertiary alicyclic amines) is 1. The molecule has 0 amide bonds. The predicted octanol–water partition coefficient (Wildman–Crippen LogP) is -0.180. The Labute approximate surface area is 73.8 Å². The Bertz CT molecular complexity index is 143. The SMILES string of the molecule is OC1CCN(C2CC[N]CC2)C1. The second kappa shape index (κ2) is 3.73. The minimum Gasteiger partial charge on any atom is -0.392 e. The third-order valence-corrected chi connectivity index (χ3v) is 2.95. The zero-order valence-electron chi connectivity index (χ0n) is 7.45. The van der Waals surface area contributed by atoms with Gasteiger partial charge in [-0.2, -0.15) is 0 Å². The molecule has 0 aliphatic carbocycles. The van der Waals surface area contributed by atoms with Crippen molar-refractivity contribution in [3.05, 3.63) is 0 Å². The van der Waals surface area contributed by atoms with Gasteiger partial charge in [0, 0.05) is 32.2 Å². The molecule has 1 N–H and O–H groups in total. The molecule has 3 heteroatoms. The number of hydrogen-bond acceptors (Lipinski definition) is 2. The maximum Gasteiger partial charge on any atom is 0.0679 e. The van der Waals surface area contributed by atoms with Crippen molar-refractivity contribution in [3.8, 4) is 0 Å². The van der Waals surface area contributed by atoms with Gasteiger partial charge in [-0.15, -0.1) is 0 Å². The van der Waals surface area contributed by atoms with Gasteiger partial charge in [-0.05, 0) is 19.3 Å². The van der Waals surface area contributed by atoms with Crippen LogP contribution in [0, 0.1) is 0 Å². The molecule has 0 aromatic carbocycles. The molecule has 0 aromatic rings. The predicted molar refractivity (Wildman–Crippen MR) is 47.1 cm³/mol. The molecule has 2 aliphatic heterocycles. The van der Waals surface area contributed by atoms with E-state index in [0.29, 0.717) is 6.04 Å². The van der Waals surface area contributed by atoms with E-state index in [1.54, 1.807) is 0 Å². The van der Waals surface area contributed by atoms with Gasteiger partial charge in [0.25, 0.3) is 0 Å². The number of nitrogens with zero attached hydrogens (tertiary/aromatic N) is 2. The van der Waals surface area contributed by atoms with Crippen LogP contribution in [0.5, 0.6) is 0 Å². The van der Waals surface area contributed by atoms with Crippen molar-refractivity contribution >= 4 is 0 Å². The van der Waals surface area contributed by atoms with Crippen LogP contribution in [0.2, 0.25) is 0 Å². The third kappa shape index (κ3) is 1.79. The minimum atomic E-state index is -0.0659. The van der Waals surface area contributed by atoms with Gasteiger partial charge >= 0.3 is 0 Å². The lowest BCUT2D eigenvalue weighted by atomic mass is 10.1. The first-order valence-corrected chi connectivity index (χ1v) is 4.91. The van der Waals surface area contributed by atoms with Gasteiger partial charge in [0.05, 0.1) is 6.10 Å². The van der Waals surface area contributed by atoms with E-state index in [0.717, 1.165) is 32.6 Å². The molecule has 1 radical (unpaired) electrons. The Balaban J connectivity index is 1.83. The lowest BCUT2D eigenvalue weighted by Gasteiger charge is -2.30. The summed E-state index contributed by atoms with van der Waals surface area (Å²) in [5, 5.41) is 13.7. The first-order valence-electron chi connectivity index (χ1n) is 4.91. The average molecular weight is 169 g/mol. The fourth-order valence-corrected chi connectivity index (χ4v) is 2.20. The van der Waals surface area contributed by atoms with Crippen molar-refractivity contribution < 1.29 is 5.11 Å². The van der Waals surface area contributed by atoms with E-state index < -0.39 is 0 Å². The van der Waals surface area contributed by atoms with Crippen LogP contribution in [-0.4, -0.2) is 48.3 Å². The molecular formula is C9H17N2O. The fourth-order valence-electron chi connectivity index (χ4n) is 2.20. The van der Waals surface area contributed by atoms with Gasteiger partial charge in [-0.25, -0.2) is 5.32 Å². The Hall–Kier alpha value is -0.120. The Morgan fingerprint density at radius 3 is 2.50 bits per heavy atom. The molecule has 69 valence electrons. The number of hydrogen-bond donors (Lipinski definition) is 1. The smallest absolute Gasteiger partial charge is 0.0679 e. The number of piperidine rings is 1. The highest BCUT2D eigenvalue weighted by Crippen LogP contribution is 2.18. The van der Waals surface area contributed by atoms with Crippen LogP contribution >= 0.6 is 0 Å². The van der Waals surface area contributed by atoms with E-state index in [2.05, 4.69) is 10.2 Å². The molecule has 2 aliphatic rings. The molecule has 0 spiro atoms. The Morgan fingerprint density at radius 1 is 1.17 bits per heavy atom. The number of aliphatic hydroxyl groups excluding tert-OH is 1. The summed E-state index contributed by atoms with van der Waals surface area (Å²) in [5.41, 5.74) is 0. The van der Waals surface area contributed by atoms with Crippen molar-refractivity contribution in [2.75, 3.05) is 26.2 Å². The van der Waals surface area contributed by atoms with Gasteiger partial charge in [0.1, 0.15) is 0 Å². The second-order valence-electron chi connectivity index (χ2n) is 3.84. The molecule has 2 saturated heterocycles. The van der Waals surface area contributed by atoms with E-state index in [9.17, 15) is 5.11 Å². The highest BCUT2D eigenvalue weighted by Gasteiger charge is 2.27. The molecule has 0 bridgehead atoms. The third-order valence-electron chi connectivity index (χ3n) is 2.95. The van der Waals surface area contributed by atoms with Crippen LogP contribution in [0.15, 0.2) is 0 Å². The first-order chi connectivity index (χ1) is 5.86. The second-order valence-corrected chi connectivity index (χ2v) is 3.84. The zero-order valence-corrected chi connectivity index (χ0v) is 7.45. The number of aliphatic hydroxyl groups is 1. The van der Waals surface area contributed by atoms with Crippen molar-refractivity contribution in [2.24, 2.45) is 0 Å². The molecule has 2 rings (SSSR count). The van der Waals surface area contributed by atoms with E-state index in [1.807, 2.05) is 0 Å². The minimum absolute atomic E-state index is 0.0659. The molecule has 1 atom stereocenters. The van der Waals surface area contributed by atoms with Crippen LogP contribution in [0.4, 0.5) is 0 Å². The van der Waals surface area contributed by atoms with Crippen LogP contribution in [0.25, 0.3) is 0 Å². The van der Waals surface area contributed by atoms with Crippen LogP contribution in [0.1, 0.15) is 19.3 Å². The largest absolute Gasteiger partial charge is 0.392 e. The normalized spacial score (nSPS) is 34.2. The maximum atomic E-state index is 9.37. The Morgan fingerprint density at radius 2 is 1.92 bits per heavy atom. The summed E-state index contributed by atoms with van der Waals surface area (Å²) >= 11 is 0. The summed E-state index contributed by atoms with van der Waals surface area (Å²) < 4.78 is 0. The molecule has 0 saturated carbocycles. The highest BCUT2D eigenvalue weighted by molar-refractivity contribution is 4.83. The lowest BCUT2D eigenvalue weighted by molar-refractivity contribution is 0.145. The summed E-state index contributed by atoms with van der Waals surface area (Å²) in [5.74, 6) is 0. The van der Waals surface area contributed by atoms with Crippen LogP contribution in [-0.2, 0) is 0 Å². The van der Waals surface area contributed by atoms with Gasteiger partial charge in [0.15, 0.2) is 0 Å². The van der Waals surface area contributed by atoms with Gasteiger partial charge in [-0.1, -0.05) is 0 Å². The standard InChI is InChI=1S/C9H17N2O/c12-9-3-6-11(7-9)8-1-4-10-5-2-8/h8-9,12H,1-7H2. The summed E-state index contributed by atoms with van der Waals surface area (Å²) in [6, 6.07) is 0.708. The average Bonchev–Trinajstić information content (AvgIpc) is 2.54. The number of rotatable bonds is 1. The van der Waals surface area contributed by atoms with Crippen molar-refractivity contribution in [1.82, 2.24) is 10.2 Å². The molecule has 1 unspecified atom stereocenters.